The van der Waals surface area contributed by atoms with Crippen molar-refractivity contribution in [1.29, 1.82) is 0 Å². The highest BCUT2D eigenvalue weighted by Gasteiger charge is 2.20. The number of nitrogens with one attached hydrogen (secondary N) is 1. The van der Waals surface area contributed by atoms with Gasteiger partial charge in [0.05, 0.1) is 34.4 Å². The Balaban J connectivity index is 1.98. The number of nitrogens with zero attached hydrogens (tertiary/aromatic N) is 3. The van der Waals surface area contributed by atoms with Crippen molar-refractivity contribution in [3.8, 4) is 11.3 Å². The first kappa shape index (κ1) is 17.0. The summed E-state index contributed by atoms with van der Waals surface area (Å²) >= 11 is 0. The van der Waals surface area contributed by atoms with Gasteiger partial charge in [-0.15, -0.1) is 0 Å². The standard InChI is InChI=1S/C19H23N5O/c1-11(2)18(16-7-5-6-10-21-16)23-19-14(20)8-9-15(22-19)17-12(3)24-25-13(17)4/h5-11,18H,20H2,1-4H3,(H,22,23)/t18-/m0/s1. The van der Waals surface area contributed by atoms with E-state index in [1.165, 1.54) is 0 Å². The summed E-state index contributed by atoms with van der Waals surface area (Å²) in [6.45, 7) is 8.06. The van der Waals surface area contributed by atoms with Crippen molar-refractivity contribution in [2.45, 2.75) is 33.7 Å². The molecule has 1 atom stereocenters. The van der Waals surface area contributed by atoms with Crippen LogP contribution >= 0.6 is 0 Å². The number of rotatable bonds is 5. The Morgan fingerprint density at radius 3 is 2.52 bits per heavy atom. The van der Waals surface area contributed by atoms with Gasteiger partial charge < -0.3 is 15.6 Å². The van der Waals surface area contributed by atoms with Gasteiger partial charge >= 0.3 is 0 Å². The lowest BCUT2D eigenvalue weighted by Gasteiger charge is -2.23. The van der Waals surface area contributed by atoms with Gasteiger partial charge in [-0.3, -0.25) is 4.98 Å². The summed E-state index contributed by atoms with van der Waals surface area (Å²) in [5.41, 5.74) is 10.2. The predicted octanol–water partition coefficient (Wildman–Crippen LogP) is 4.14. The summed E-state index contributed by atoms with van der Waals surface area (Å²) in [5, 5.41) is 7.46. The summed E-state index contributed by atoms with van der Waals surface area (Å²) in [5.74, 6) is 1.70. The van der Waals surface area contributed by atoms with E-state index < -0.39 is 0 Å². The van der Waals surface area contributed by atoms with Gasteiger partial charge in [0.2, 0.25) is 0 Å². The number of aromatic nitrogens is 3. The fourth-order valence-electron chi connectivity index (χ4n) is 2.86. The summed E-state index contributed by atoms with van der Waals surface area (Å²) in [6.07, 6.45) is 1.80. The molecule has 0 saturated heterocycles. The van der Waals surface area contributed by atoms with Crippen LogP contribution in [0.25, 0.3) is 11.3 Å². The molecule has 0 aromatic carbocycles. The molecule has 0 aliphatic rings. The Morgan fingerprint density at radius 1 is 1.12 bits per heavy atom. The van der Waals surface area contributed by atoms with Crippen LogP contribution in [0.5, 0.6) is 0 Å². The van der Waals surface area contributed by atoms with Crippen LogP contribution < -0.4 is 11.1 Å². The average Bonchev–Trinajstić information content (AvgIpc) is 2.93. The summed E-state index contributed by atoms with van der Waals surface area (Å²) in [6, 6.07) is 9.65. The van der Waals surface area contributed by atoms with Gasteiger partial charge in [0.15, 0.2) is 0 Å². The zero-order chi connectivity index (χ0) is 18.0. The van der Waals surface area contributed by atoms with E-state index in [4.69, 9.17) is 15.2 Å². The molecule has 6 nitrogen and oxygen atoms in total. The predicted molar refractivity (Wildman–Crippen MR) is 99.1 cm³/mol. The second-order valence-corrected chi connectivity index (χ2v) is 6.45. The minimum atomic E-state index is 0.0101. The number of pyridine rings is 2. The van der Waals surface area contributed by atoms with Crippen molar-refractivity contribution in [3.63, 3.8) is 0 Å². The Bertz CT molecular complexity index is 838. The van der Waals surface area contributed by atoms with Crippen molar-refractivity contribution in [3.05, 3.63) is 53.7 Å². The lowest BCUT2D eigenvalue weighted by molar-refractivity contribution is 0.393. The third kappa shape index (κ3) is 3.47. The number of nitrogens with two attached hydrogens (primary N) is 1. The molecule has 0 amide bonds. The quantitative estimate of drug-likeness (QED) is 0.727. The lowest BCUT2D eigenvalue weighted by atomic mass is 10.00. The number of hydrogen-bond acceptors (Lipinski definition) is 6. The molecule has 3 rings (SSSR count). The number of anilines is 2. The third-order valence-electron chi connectivity index (χ3n) is 4.18. The van der Waals surface area contributed by atoms with Crippen molar-refractivity contribution >= 4 is 11.5 Å². The van der Waals surface area contributed by atoms with E-state index in [0.29, 0.717) is 17.4 Å². The molecular weight excluding hydrogens is 314 g/mol. The smallest absolute Gasteiger partial charge is 0.150 e. The monoisotopic (exact) mass is 337 g/mol. The maximum Gasteiger partial charge on any atom is 0.150 e. The Morgan fingerprint density at radius 2 is 1.92 bits per heavy atom. The summed E-state index contributed by atoms with van der Waals surface area (Å²) < 4.78 is 5.26. The van der Waals surface area contributed by atoms with Gasteiger partial charge in [-0.05, 0) is 44.0 Å². The first-order valence-corrected chi connectivity index (χ1v) is 8.34. The molecule has 0 bridgehead atoms. The highest BCUT2D eigenvalue weighted by molar-refractivity contribution is 5.71. The summed E-state index contributed by atoms with van der Waals surface area (Å²) in [7, 11) is 0. The minimum absolute atomic E-state index is 0.0101. The fraction of sp³-hybridized carbons (Fsp3) is 0.316. The molecule has 6 heteroatoms. The molecule has 3 heterocycles. The molecule has 3 aromatic rings. The first-order chi connectivity index (χ1) is 12.0. The molecular formula is C19H23N5O. The second kappa shape index (κ2) is 6.93. The van der Waals surface area contributed by atoms with Crippen LogP contribution in [0.3, 0.4) is 0 Å². The van der Waals surface area contributed by atoms with Crippen LogP contribution in [0.15, 0.2) is 41.1 Å². The van der Waals surface area contributed by atoms with E-state index >= 15 is 0 Å². The van der Waals surface area contributed by atoms with Crippen molar-refractivity contribution in [2.24, 2.45) is 5.92 Å². The van der Waals surface area contributed by atoms with Gasteiger partial charge in [0, 0.05) is 6.20 Å². The largest absolute Gasteiger partial charge is 0.396 e. The lowest BCUT2D eigenvalue weighted by Crippen LogP contribution is -2.19. The van der Waals surface area contributed by atoms with E-state index in [9.17, 15) is 0 Å². The Hall–Kier alpha value is -2.89. The molecule has 25 heavy (non-hydrogen) atoms. The molecule has 0 saturated carbocycles. The van der Waals surface area contributed by atoms with Crippen LogP contribution in [0.1, 0.15) is 37.0 Å². The van der Waals surface area contributed by atoms with Crippen LogP contribution in [0, 0.1) is 19.8 Å². The van der Waals surface area contributed by atoms with Crippen LogP contribution in [0.4, 0.5) is 11.5 Å². The Labute approximate surface area is 147 Å². The molecule has 3 aromatic heterocycles. The number of hydrogen-bond donors (Lipinski definition) is 2. The molecule has 0 unspecified atom stereocenters. The van der Waals surface area contributed by atoms with E-state index in [1.54, 1.807) is 6.20 Å². The number of aryl methyl sites for hydroxylation is 2. The third-order valence-corrected chi connectivity index (χ3v) is 4.18. The SMILES string of the molecule is Cc1noc(C)c1-c1ccc(N)c(N[C@H](c2ccccn2)C(C)C)n1. The first-order valence-electron chi connectivity index (χ1n) is 8.34. The molecule has 3 N–H and O–H groups in total. The molecule has 0 fully saturated rings. The normalized spacial score (nSPS) is 12.4. The van der Waals surface area contributed by atoms with Crippen LogP contribution in [-0.4, -0.2) is 15.1 Å². The second-order valence-electron chi connectivity index (χ2n) is 6.45. The van der Waals surface area contributed by atoms with Crippen molar-refractivity contribution < 1.29 is 4.52 Å². The topological polar surface area (TPSA) is 89.9 Å². The Kier molecular flexibility index (Phi) is 4.70. The molecule has 0 aliphatic carbocycles. The molecule has 0 radical (unpaired) electrons. The van der Waals surface area contributed by atoms with E-state index in [-0.39, 0.29) is 6.04 Å². The number of nitrogen functional groups attached to an aromatic ring is 1. The van der Waals surface area contributed by atoms with Crippen LogP contribution in [0.2, 0.25) is 0 Å². The van der Waals surface area contributed by atoms with Gasteiger partial charge in [0.1, 0.15) is 11.6 Å². The fourth-order valence-corrected chi connectivity index (χ4v) is 2.86. The van der Waals surface area contributed by atoms with Gasteiger partial charge in [-0.1, -0.05) is 25.1 Å². The highest BCUT2D eigenvalue weighted by Crippen LogP contribution is 2.31. The van der Waals surface area contributed by atoms with Gasteiger partial charge in [-0.25, -0.2) is 4.98 Å². The minimum Gasteiger partial charge on any atom is -0.396 e. The highest BCUT2D eigenvalue weighted by atomic mass is 16.5. The van der Waals surface area contributed by atoms with Crippen LogP contribution in [-0.2, 0) is 0 Å². The van der Waals surface area contributed by atoms with Crippen molar-refractivity contribution in [2.75, 3.05) is 11.1 Å². The summed E-state index contributed by atoms with van der Waals surface area (Å²) in [4.78, 5) is 9.19. The van der Waals surface area contributed by atoms with E-state index in [0.717, 1.165) is 28.4 Å². The average molecular weight is 337 g/mol. The molecule has 0 aliphatic heterocycles. The van der Waals surface area contributed by atoms with E-state index in [2.05, 4.69) is 29.3 Å². The van der Waals surface area contributed by atoms with Crippen molar-refractivity contribution in [1.82, 2.24) is 15.1 Å². The molecule has 130 valence electrons. The zero-order valence-electron chi connectivity index (χ0n) is 14.9. The molecule has 0 spiro atoms. The maximum absolute atomic E-state index is 6.16. The zero-order valence-corrected chi connectivity index (χ0v) is 14.9. The maximum atomic E-state index is 6.16. The van der Waals surface area contributed by atoms with E-state index in [1.807, 2.05) is 44.2 Å². The van der Waals surface area contributed by atoms with Gasteiger partial charge in [-0.2, -0.15) is 0 Å². The van der Waals surface area contributed by atoms with Gasteiger partial charge in [0.25, 0.3) is 0 Å².